The number of nitrogens with zero attached hydrogens (tertiary/aromatic N) is 1. The lowest BCUT2D eigenvalue weighted by Gasteiger charge is -2.63. The van der Waals surface area contributed by atoms with Crippen LogP contribution < -0.4 is 4.90 Å². The topological polar surface area (TPSA) is 3.24 Å². The maximum atomic E-state index is 2.69. The van der Waals surface area contributed by atoms with Gasteiger partial charge in [0.15, 0.2) is 0 Å². The highest BCUT2D eigenvalue weighted by molar-refractivity contribution is 7.99. The van der Waals surface area contributed by atoms with Gasteiger partial charge in [0.25, 0.3) is 0 Å². The fourth-order valence-corrected chi connectivity index (χ4v) is 14.5. The highest BCUT2D eigenvalue weighted by Gasteiger charge is 2.60. The largest absolute Gasteiger partial charge is 0.310 e. The summed E-state index contributed by atoms with van der Waals surface area (Å²) in [4.78, 5) is 5.65. The zero-order valence-electron chi connectivity index (χ0n) is 30.3. The molecule has 4 fully saturated rings. The molecule has 0 saturated heterocycles. The van der Waals surface area contributed by atoms with Gasteiger partial charge in [0.05, 0.1) is 5.69 Å². The molecular formula is C48H47NS2. The van der Waals surface area contributed by atoms with Crippen molar-refractivity contribution in [3.63, 3.8) is 0 Å². The molecule has 256 valence electrons. The number of anilines is 3. The number of hydrogen-bond acceptors (Lipinski definition) is 3. The summed E-state index contributed by atoms with van der Waals surface area (Å²) in [5.41, 5.74) is 10.5. The van der Waals surface area contributed by atoms with Crippen LogP contribution in [0.4, 0.5) is 17.1 Å². The molecule has 0 unspecified atom stereocenters. The zero-order valence-corrected chi connectivity index (χ0v) is 32.0. The summed E-state index contributed by atoms with van der Waals surface area (Å²) in [5, 5.41) is 2.73. The third-order valence-corrected chi connectivity index (χ3v) is 16.6. The molecule has 1 aliphatic heterocycles. The zero-order chi connectivity index (χ0) is 34.3. The molecule has 0 atom stereocenters. The second-order valence-electron chi connectivity index (χ2n) is 18.0. The highest BCUT2D eigenvalue weighted by atomic mass is 32.2. The van der Waals surface area contributed by atoms with Gasteiger partial charge in [-0.2, -0.15) is 0 Å². The normalized spacial score (nSPS) is 27.8. The minimum atomic E-state index is 0.0739. The summed E-state index contributed by atoms with van der Waals surface area (Å²) >= 11 is 3.94. The van der Waals surface area contributed by atoms with Crippen LogP contribution in [0.3, 0.4) is 0 Å². The number of hydrogen-bond donors (Lipinski definition) is 0. The Morgan fingerprint density at radius 1 is 0.549 bits per heavy atom. The van der Waals surface area contributed by atoms with Crippen LogP contribution in [0.25, 0.3) is 20.2 Å². The molecule has 6 aromatic rings. The summed E-state index contributed by atoms with van der Waals surface area (Å²) in [7, 11) is 0. The predicted octanol–water partition coefficient (Wildman–Crippen LogP) is 14.1. The second kappa shape index (κ2) is 10.8. The molecule has 5 aliphatic carbocycles. The number of benzene rings is 5. The third-order valence-electron chi connectivity index (χ3n) is 14.3. The van der Waals surface area contributed by atoms with Gasteiger partial charge >= 0.3 is 0 Å². The second-order valence-corrected chi connectivity index (χ2v) is 20.2. The van der Waals surface area contributed by atoms with Gasteiger partial charge in [-0.3, -0.25) is 0 Å². The van der Waals surface area contributed by atoms with E-state index in [0.717, 1.165) is 23.7 Å². The molecule has 6 aliphatic rings. The summed E-state index contributed by atoms with van der Waals surface area (Å²) < 4.78 is 2.73. The van der Waals surface area contributed by atoms with Crippen LogP contribution in [-0.4, -0.2) is 0 Å². The predicted molar refractivity (Wildman–Crippen MR) is 218 cm³/mol. The molecule has 0 N–H and O–H groups in total. The first-order chi connectivity index (χ1) is 24.7. The molecule has 1 nitrogen and oxygen atoms in total. The summed E-state index contributed by atoms with van der Waals surface area (Å²) in [6.07, 6.45) is 9.48. The van der Waals surface area contributed by atoms with Crippen molar-refractivity contribution in [2.75, 3.05) is 4.90 Å². The number of fused-ring (bicyclic) bond motifs is 6. The van der Waals surface area contributed by atoms with Crippen molar-refractivity contribution in [1.29, 1.82) is 0 Å². The average molecular weight is 702 g/mol. The van der Waals surface area contributed by atoms with Gasteiger partial charge in [-0.05, 0) is 156 Å². The van der Waals surface area contributed by atoms with E-state index in [1.165, 1.54) is 103 Å². The maximum Gasteiger partial charge on any atom is 0.0502 e. The molecule has 2 heterocycles. The van der Waals surface area contributed by atoms with Crippen LogP contribution in [0.5, 0.6) is 0 Å². The highest BCUT2D eigenvalue weighted by Crippen LogP contribution is 2.69. The lowest BCUT2D eigenvalue weighted by molar-refractivity contribution is -0.0443. The van der Waals surface area contributed by atoms with Crippen molar-refractivity contribution >= 4 is 60.3 Å². The molecule has 4 bridgehead atoms. The standard InChI is InChI=1S/C48H47NS2/c1-46(2)20-21-47(3,4)45-38(46)12-9-13-40(45)49(33-16-18-42-36(27-33)35-10-5-7-14-41(35)50-42)34-17-19-44-39(28-34)48(37-11-6-8-15-43(37)51-44)31-23-29-22-30(25-31)26-32(48)24-29/h5-19,27-32H,20-26H2,1-4H3. The van der Waals surface area contributed by atoms with Gasteiger partial charge in [0, 0.05) is 46.8 Å². The van der Waals surface area contributed by atoms with Crippen molar-refractivity contribution in [1.82, 2.24) is 0 Å². The first-order valence-corrected chi connectivity index (χ1v) is 21.1. The van der Waals surface area contributed by atoms with E-state index in [-0.39, 0.29) is 16.2 Å². The molecule has 5 aromatic carbocycles. The van der Waals surface area contributed by atoms with Crippen LogP contribution in [0.2, 0.25) is 0 Å². The average Bonchev–Trinajstić information content (AvgIpc) is 3.50. The monoisotopic (exact) mass is 701 g/mol. The van der Waals surface area contributed by atoms with E-state index >= 15 is 0 Å². The fourth-order valence-electron chi connectivity index (χ4n) is 12.2. The molecule has 4 saturated carbocycles. The molecular weight excluding hydrogens is 655 g/mol. The molecule has 1 aromatic heterocycles. The van der Waals surface area contributed by atoms with Gasteiger partial charge in [-0.15, -0.1) is 11.3 Å². The van der Waals surface area contributed by atoms with E-state index in [1.54, 1.807) is 11.1 Å². The maximum absolute atomic E-state index is 2.69. The Morgan fingerprint density at radius 2 is 1.20 bits per heavy atom. The van der Waals surface area contributed by atoms with Crippen LogP contribution in [0.1, 0.15) is 94.9 Å². The van der Waals surface area contributed by atoms with Crippen LogP contribution >= 0.6 is 23.1 Å². The van der Waals surface area contributed by atoms with Crippen molar-refractivity contribution < 1.29 is 0 Å². The minimum absolute atomic E-state index is 0.0739. The Labute approximate surface area is 311 Å². The van der Waals surface area contributed by atoms with Crippen molar-refractivity contribution in [3.05, 3.63) is 125 Å². The Morgan fingerprint density at radius 3 is 2.02 bits per heavy atom. The number of thiophene rings is 1. The van der Waals surface area contributed by atoms with Crippen molar-refractivity contribution in [2.24, 2.45) is 23.7 Å². The van der Waals surface area contributed by atoms with E-state index in [9.17, 15) is 0 Å². The summed E-state index contributed by atoms with van der Waals surface area (Å²) in [5.74, 6) is 3.32. The first-order valence-electron chi connectivity index (χ1n) is 19.5. The van der Waals surface area contributed by atoms with Crippen LogP contribution in [0, 0.1) is 23.7 Å². The SMILES string of the molecule is CC1(C)CCC(C)(C)c2c(N(c3ccc4c(c3)C3(c5ccccc5S4)C4CC5CC(C4)CC3C5)c3ccc4sc5ccccc5c4c3)cccc21. The third kappa shape index (κ3) is 4.34. The van der Waals surface area contributed by atoms with Crippen LogP contribution in [0.15, 0.2) is 113 Å². The first kappa shape index (κ1) is 31.0. The molecule has 3 heteroatoms. The minimum Gasteiger partial charge on any atom is -0.310 e. The smallest absolute Gasteiger partial charge is 0.0502 e. The van der Waals surface area contributed by atoms with E-state index in [2.05, 4.69) is 136 Å². The summed E-state index contributed by atoms with van der Waals surface area (Å²) in [6.45, 7) is 9.90. The molecule has 1 spiro atoms. The lowest BCUT2D eigenvalue weighted by Crippen LogP contribution is -2.57. The Hall–Kier alpha value is -3.53. The Bertz CT molecular complexity index is 2360. The number of rotatable bonds is 3. The van der Waals surface area contributed by atoms with Gasteiger partial charge in [0.1, 0.15) is 0 Å². The van der Waals surface area contributed by atoms with E-state index < -0.39 is 0 Å². The van der Waals surface area contributed by atoms with E-state index in [1.807, 2.05) is 23.1 Å². The van der Waals surface area contributed by atoms with Gasteiger partial charge in [-0.25, -0.2) is 0 Å². The Kier molecular flexibility index (Phi) is 6.55. The quantitative estimate of drug-likeness (QED) is 0.181. The Balaban J connectivity index is 1.18. The molecule has 12 rings (SSSR count). The lowest BCUT2D eigenvalue weighted by atomic mass is 9.42. The van der Waals surface area contributed by atoms with Crippen molar-refractivity contribution in [2.45, 2.75) is 98.7 Å². The fraction of sp³-hybridized carbons (Fsp3) is 0.375. The molecule has 0 amide bonds. The van der Waals surface area contributed by atoms with Gasteiger partial charge < -0.3 is 4.90 Å². The van der Waals surface area contributed by atoms with E-state index in [0.29, 0.717) is 0 Å². The van der Waals surface area contributed by atoms with E-state index in [4.69, 9.17) is 0 Å². The molecule has 0 radical (unpaired) electrons. The van der Waals surface area contributed by atoms with Crippen molar-refractivity contribution in [3.8, 4) is 0 Å². The van der Waals surface area contributed by atoms with Gasteiger partial charge in [0.2, 0.25) is 0 Å². The van der Waals surface area contributed by atoms with Gasteiger partial charge in [-0.1, -0.05) is 88.0 Å². The summed E-state index contributed by atoms with van der Waals surface area (Å²) in [6, 6.07) is 40.6. The van der Waals surface area contributed by atoms with Crippen LogP contribution in [-0.2, 0) is 16.2 Å². The molecule has 51 heavy (non-hydrogen) atoms.